The van der Waals surface area contributed by atoms with Gasteiger partial charge in [-0.2, -0.15) is 0 Å². The summed E-state index contributed by atoms with van der Waals surface area (Å²) in [6, 6.07) is 15.6. The molecule has 0 unspecified atom stereocenters. The van der Waals surface area contributed by atoms with E-state index < -0.39 is 0 Å². The number of aromatic nitrogens is 1. The number of benzene rings is 2. The van der Waals surface area contributed by atoms with Gasteiger partial charge in [0, 0.05) is 44.4 Å². The molecule has 166 valence electrons. The number of carbonyl (C=O) groups excluding carboxylic acids is 2. The van der Waals surface area contributed by atoms with Crippen LogP contribution in [0.25, 0.3) is 16.5 Å². The van der Waals surface area contributed by atoms with Gasteiger partial charge in [-0.1, -0.05) is 42.5 Å². The second-order valence-corrected chi connectivity index (χ2v) is 11.3. The lowest BCUT2D eigenvalue weighted by atomic mass is 9.48. The van der Waals surface area contributed by atoms with Crippen molar-refractivity contribution in [1.82, 2.24) is 4.98 Å². The molecule has 33 heavy (non-hydrogen) atoms. The standard InChI is InChI=1S/C30H29NO2/c1-17-26(23-8-4-5-9-25(23)31-17)27-24(28(32)21-6-2-3-7-22(21)29(27)33)16-30-13-18-10-19(14-30)12-20(11-18)15-30/h2-9,18-20,31H,10-16H2,1H3. The minimum Gasteiger partial charge on any atom is -0.358 e. The average molecular weight is 436 g/mol. The summed E-state index contributed by atoms with van der Waals surface area (Å²) in [4.78, 5) is 31.5. The topological polar surface area (TPSA) is 49.9 Å². The third-order valence-electron chi connectivity index (χ3n) is 9.08. The Morgan fingerprint density at radius 2 is 1.39 bits per heavy atom. The Morgan fingerprint density at radius 3 is 2.06 bits per heavy atom. The SMILES string of the molecule is Cc1[nH]c2ccccc2c1C1=C(CC23CC4CC(CC(C4)C2)C3)C(=O)c2ccccc2C1=O. The molecule has 4 bridgehead atoms. The van der Waals surface area contributed by atoms with E-state index in [1.165, 1.54) is 38.5 Å². The Labute approximate surface area is 194 Å². The molecule has 1 aromatic heterocycles. The third kappa shape index (κ3) is 2.81. The summed E-state index contributed by atoms with van der Waals surface area (Å²) in [6.07, 6.45) is 8.57. The minimum atomic E-state index is 0.0118. The van der Waals surface area contributed by atoms with E-state index in [1.54, 1.807) is 0 Å². The zero-order valence-electron chi connectivity index (χ0n) is 19.1. The number of allylic oxidation sites excluding steroid dienone is 2. The molecular formula is C30H29NO2. The van der Waals surface area contributed by atoms with E-state index in [2.05, 4.69) is 11.1 Å². The molecule has 5 aliphatic carbocycles. The van der Waals surface area contributed by atoms with Crippen LogP contribution in [0.3, 0.4) is 0 Å². The largest absolute Gasteiger partial charge is 0.358 e. The van der Waals surface area contributed by atoms with E-state index in [4.69, 9.17) is 0 Å². The van der Waals surface area contributed by atoms with Crippen LogP contribution >= 0.6 is 0 Å². The number of aromatic amines is 1. The van der Waals surface area contributed by atoms with E-state index in [0.29, 0.717) is 16.7 Å². The van der Waals surface area contributed by atoms with Gasteiger partial charge in [-0.15, -0.1) is 0 Å². The maximum atomic E-state index is 14.0. The molecule has 1 N–H and O–H groups in total. The summed E-state index contributed by atoms with van der Waals surface area (Å²) >= 11 is 0. The van der Waals surface area contributed by atoms with Crippen molar-refractivity contribution in [3.63, 3.8) is 0 Å². The maximum absolute atomic E-state index is 14.0. The highest BCUT2D eigenvalue weighted by Gasteiger charge is 2.52. The number of ketones is 2. The van der Waals surface area contributed by atoms with Gasteiger partial charge >= 0.3 is 0 Å². The number of nitrogens with one attached hydrogen (secondary N) is 1. The van der Waals surface area contributed by atoms with Crippen LogP contribution in [0.5, 0.6) is 0 Å². The minimum absolute atomic E-state index is 0.0118. The Balaban J connectivity index is 1.45. The van der Waals surface area contributed by atoms with Crippen molar-refractivity contribution >= 4 is 28.0 Å². The Morgan fingerprint density at radius 1 is 0.818 bits per heavy atom. The zero-order valence-corrected chi connectivity index (χ0v) is 19.1. The predicted molar refractivity (Wildman–Crippen MR) is 130 cm³/mol. The van der Waals surface area contributed by atoms with Crippen LogP contribution in [0.2, 0.25) is 0 Å². The number of hydrogen-bond donors (Lipinski definition) is 1. The summed E-state index contributed by atoms with van der Waals surface area (Å²) in [5, 5.41) is 1.04. The van der Waals surface area contributed by atoms with Crippen molar-refractivity contribution in [3.05, 3.63) is 76.5 Å². The molecule has 0 aliphatic heterocycles. The highest BCUT2D eigenvalue weighted by atomic mass is 16.1. The van der Waals surface area contributed by atoms with Gasteiger partial charge in [0.15, 0.2) is 11.6 Å². The molecule has 0 amide bonds. The number of para-hydroxylation sites is 1. The van der Waals surface area contributed by atoms with E-state index >= 15 is 0 Å². The molecule has 0 atom stereocenters. The van der Waals surface area contributed by atoms with E-state index in [0.717, 1.165) is 51.9 Å². The van der Waals surface area contributed by atoms with Crippen molar-refractivity contribution in [2.75, 3.05) is 0 Å². The molecule has 0 saturated heterocycles. The molecule has 0 spiro atoms. The van der Waals surface area contributed by atoms with E-state index in [1.807, 2.05) is 49.4 Å². The number of aryl methyl sites for hydroxylation is 1. The average Bonchev–Trinajstić information content (AvgIpc) is 3.12. The number of carbonyl (C=O) groups is 2. The molecular weight excluding hydrogens is 406 g/mol. The number of hydrogen-bond acceptors (Lipinski definition) is 2. The number of rotatable bonds is 3. The number of fused-ring (bicyclic) bond motifs is 2. The summed E-state index contributed by atoms with van der Waals surface area (Å²) in [6.45, 7) is 2.03. The monoisotopic (exact) mass is 435 g/mol. The first-order chi connectivity index (χ1) is 16.0. The first-order valence-electron chi connectivity index (χ1n) is 12.5. The lowest BCUT2D eigenvalue weighted by molar-refractivity contribution is -0.0518. The van der Waals surface area contributed by atoms with Crippen molar-refractivity contribution < 1.29 is 9.59 Å². The highest BCUT2D eigenvalue weighted by molar-refractivity contribution is 6.42. The Kier molecular flexibility index (Phi) is 4.02. The van der Waals surface area contributed by atoms with Crippen LogP contribution in [0, 0.1) is 30.1 Å². The van der Waals surface area contributed by atoms with Gasteiger partial charge < -0.3 is 4.98 Å². The van der Waals surface area contributed by atoms with Gasteiger partial charge in [-0.3, -0.25) is 9.59 Å². The fourth-order valence-electron chi connectivity index (χ4n) is 8.34. The molecule has 3 heteroatoms. The van der Waals surface area contributed by atoms with Gasteiger partial charge in [0.05, 0.1) is 0 Å². The Bertz CT molecular complexity index is 1340. The van der Waals surface area contributed by atoms with E-state index in [-0.39, 0.29) is 17.0 Å². The molecule has 4 saturated carbocycles. The number of Topliss-reactive ketones (excluding diaryl/α,β-unsaturated/α-hetero) is 2. The third-order valence-corrected chi connectivity index (χ3v) is 9.08. The summed E-state index contributed by atoms with van der Waals surface area (Å²) in [5.74, 6) is 2.53. The van der Waals surface area contributed by atoms with Crippen LogP contribution < -0.4 is 0 Å². The zero-order chi connectivity index (χ0) is 22.3. The fraction of sp³-hybridized carbons (Fsp3) is 0.400. The lowest BCUT2D eigenvalue weighted by Gasteiger charge is -2.57. The molecule has 3 aromatic rings. The van der Waals surface area contributed by atoms with Gasteiger partial charge in [-0.05, 0) is 81.1 Å². The van der Waals surface area contributed by atoms with Crippen molar-refractivity contribution in [2.24, 2.45) is 23.2 Å². The predicted octanol–water partition coefficient (Wildman–Crippen LogP) is 6.92. The molecule has 8 rings (SSSR count). The second-order valence-electron chi connectivity index (χ2n) is 11.3. The number of H-pyrrole nitrogens is 1. The van der Waals surface area contributed by atoms with Crippen LogP contribution in [-0.2, 0) is 0 Å². The van der Waals surface area contributed by atoms with Crippen molar-refractivity contribution in [3.8, 4) is 0 Å². The van der Waals surface area contributed by atoms with Gasteiger partial charge in [-0.25, -0.2) is 0 Å². The summed E-state index contributed by atoms with van der Waals surface area (Å²) in [5.41, 5.74) is 5.67. The van der Waals surface area contributed by atoms with Crippen LogP contribution in [0.1, 0.15) is 76.9 Å². The first-order valence-corrected chi connectivity index (χ1v) is 12.5. The summed E-state index contributed by atoms with van der Waals surface area (Å²) < 4.78 is 0. The molecule has 3 nitrogen and oxygen atoms in total. The fourth-order valence-corrected chi connectivity index (χ4v) is 8.34. The van der Waals surface area contributed by atoms with Gasteiger partial charge in [0.1, 0.15) is 0 Å². The Hall–Kier alpha value is -2.94. The van der Waals surface area contributed by atoms with Crippen molar-refractivity contribution in [1.29, 1.82) is 0 Å². The molecule has 5 aliphatic rings. The molecule has 4 fully saturated rings. The molecule has 0 radical (unpaired) electrons. The molecule has 2 aromatic carbocycles. The normalized spacial score (nSPS) is 30.4. The maximum Gasteiger partial charge on any atom is 0.194 e. The second kappa shape index (κ2) is 6.79. The lowest BCUT2D eigenvalue weighted by Crippen LogP contribution is -2.46. The van der Waals surface area contributed by atoms with Crippen molar-refractivity contribution in [2.45, 2.75) is 51.9 Å². The van der Waals surface area contributed by atoms with Gasteiger partial charge in [0.25, 0.3) is 0 Å². The van der Waals surface area contributed by atoms with Crippen LogP contribution in [0.4, 0.5) is 0 Å². The first kappa shape index (κ1) is 19.5. The van der Waals surface area contributed by atoms with Gasteiger partial charge in [0.2, 0.25) is 0 Å². The highest BCUT2D eigenvalue weighted by Crippen LogP contribution is 2.62. The van der Waals surface area contributed by atoms with Crippen LogP contribution in [0.15, 0.2) is 54.1 Å². The molecule has 1 heterocycles. The summed E-state index contributed by atoms with van der Waals surface area (Å²) in [7, 11) is 0. The van der Waals surface area contributed by atoms with E-state index in [9.17, 15) is 9.59 Å². The smallest absolute Gasteiger partial charge is 0.194 e. The quantitative estimate of drug-likeness (QED) is 0.486. The van der Waals surface area contributed by atoms with Crippen LogP contribution in [-0.4, -0.2) is 16.6 Å².